The van der Waals surface area contributed by atoms with Gasteiger partial charge in [-0.15, -0.1) is 0 Å². The second-order valence-corrected chi connectivity index (χ2v) is 5.36. The van der Waals surface area contributed by atoms with Crippen LogP contribution in [0.15, 0.2) is 24.3 Å². The van der Waals surface area contributed by atoms with Gasteiger partial charge in [-0.1, -0.05) is 13.3 Å². The molecule has 1 aliphatic carbocycles. The van der Waals surface area contributed by atoms with E-state index >= 15 is 0 Å². The molecule has 1 amide bonds. The number of nitriles is 1. The van der Waals surface area contributed by atoms with Gasteiger partial charge >= 0.3 is 0 Å². The molecule has 21 heavy (non-hydrogen) atoms. The summed E-state index contributed by atoms with van der Waals surface area (Å²) in [6.07, 6.45) is 4.63. The van der Waals surface area contributed by atoms with Crippen molar-refractivity contribution in [1.29, 1.82) is 5.26 Å². The molecule has 112 valence electrons. The molecular formula is C17H22N2O2. The predicted octanol–water partition coefficient (Wildman–Crippen LogP) is 3.38. The van der Waals surface area contributed by atoms with Crippen molar-refractivity contribution in [3.05, 3.63) is 29.8 Å². The lowest BCUT2D eigenvalue weighted by molar-refractivity contribution is 0.0747. The highest BCUT2D eigenvalue weighted by Crippen LogP contribution is 2.28. The number of hydrogen-bond donors (Lipinski definition) is 0. The van der Waals surface area contributed by atoms with Crippen molar-refractivity contribution < 1.29 is 9.53 Å². The van der Waals surface area contributed by atoms with Gasteiger partial charge < -0.3 is 9.64 Å². The lowest BCUT2D eigenvalue weighted by Gasteiger charge is -2.21. The van der Waals surface area contributed by atoms with Gasteiger partial charge in [0.2, 0.25) is 0 Å². The largest absolute Gasteiger partial charge is 0.494 e. The first-order valence-electron chi connectivity index (χ1n) is 7.67. The van der Waals surface area contributed by atoms with E-state index in [9.17, 15) is 4.79 Å². The van der Waals surface area contributed by atoms with E-state index in [1.54, 1.807) is 0 Å². The Labute approximate surface area is 126 Å². The van der Waals surface area contributed by atoms with E-state index in [0.29, 0.717) is 31.2 Å². The van der Waals surface area contributed by atoms with Crippen LogP contribution in [-0.2, 0) is 0 Å². The van der Waals surface area contributed by atoms with Crippen LogP contribution in [0.2, 0.25) is 0 Å². The molecular weight excluding hydrogens is 264 g/mol. The summed E-state index contributed by atoms with van der Waals surface area (Å²) >= 11 is 0. The Morgan fingerprint density at radius 2 is 2.10 bits per heavy atom. The van der Waals surface area contributed by atoms with Gasteiger partial charge in [-0.2, -0.15) is 5.26 Å². The van der Waals surface area contributed by atoms with Gasteiger partial charge in [-0.05, 0) is 43.5 Å². The third-order valence-corrected chi connectivity index (χ3v) is 3.58. The molecule has 1 aromatic carbocycles. The molecule has 0 spiro atoms. The number of rotatable bonds is 8. The van der Waals surface area contributed by atoms with E-state index in [0.717, 1.165) is 31.4 Å². The number of nitrogens with zero attached hydrogens (tertiary/aromatic N) is 2. The Balaban J connectivity index is 1.96. The summed E-state index contributed by atoms with van der Waals surface area (Å²) < 4.78 is 5.60. The highest BCUT2D eigenvalue weighted by Gasteiger charge is 2.32. The van der Waals surface area contributed by atoms with Crippen LogP contribution in [0.5, 0.6) is 5.75 Å². The van der Waals surface area contributed by atoms with Gasteiger partial charge in [0.1, 0.15) is 5.75 Å². The topological polar surface area (TPSA) is 53.3 Å². The summed E-state index contributed by atoms with van der Waals surface area (Å²) in [7, 11) is 0. The average molecular weight is 286 g/mol. The maximum Gasteiger partial charge on any atom is 0.254 e. The van der Waals surface area contributed by atoms with Gasteiger partial charge in [-0.25, -0.2) is 0 Å². The lowest BCUT2D eigenvalue weighted by Crippen LogP contribution is -2.33. The Bertz CT molecular complexity index is 501. The van der Waals surface area contributed by atoms with Crippen molar-refractivity contribution in [2.24, 2.45) is 0 Å². The molecule has 0 atom stereocenters. The number of carbonyl (C=O) groups is 1. The van der Waals surface area contributed by atoms with Crippen molar-refractivity contribution in [1.82, 2.24) is 4.90 Å². The number of ether oxygens (including phenoxy) is 1. The summed E-state index contributed by atoms with van der Waals surface area (Å²) in [5.74, 6) is 0.822. The molecule has 4 heteroatoms. The molecule has 4 nitrogen and oxygen atoms in total. The van der Waals surface area contributed by atoms with Crippen molar-refractivity contribution >= 4 is 5.91 Å². The summed E-state index contributed by atoms with van der Waals surface area (Å²) in [6, 6.07) is 9.75. The molecule has 1 aliphatic rings. The summed E-state index contributed by atoms with van der Waals surface area (Å²) in [4.78, 5) is 14.3. The van der Waals surface area contributed by atoms with E-state index < -0.39 is 0 Å². The summed E-state index contributed by atoms with van der Waals surface area (Å²) in [6.45, 7) is 3.35. The maximum atomic E-state index is 12.5. The summed E-state index contributed by atoms with van der Waals surface area (Å²) in [5.41, 5.74) is 0.669. The highest BCUT2D eigenvalue weighted by molar-refractivity contribution is 5.94. The van der Waals surface area contributed by atoms with E-state index in [2.05, 4.69) is 13.0 Å². The van der Waals surface area contributed by atoms with Crippen LogP contribution in [0.25, 0.3) is 0 Å². The molecule has 1 fully saturated rings. The SMILES string of the molecule is CCCCOc1ccc(C(=O)N(CCC#N)C2CC2)cc1. The molecule has 2 rings (SSSR count). The zero-order valence-corrected chi connectivity index (χ0v) is 12.5. The number of hydrogen-bond acceptors (Lipinski definition) is 3. The first-order chi connectivity index (χ1) is 10.3. The number of amides is 1. The molecule has 1 saturated carbocycles. The van der Waals surface area contributed by atoms with Crippen LogP contribution in [0.4, 0.5) is 0 Å². The minimum absolute atomic E-state index is 0.0212. The Kier molecular flexibility index (Phi) is 5.62. The Morgan fingerprint density at radius 1 is 1.38 bits per heavy atom. The fourth-order valence-electron chi connectivity index (χ4n) is 2.20. The first-order valence-corrected chi connectivity index (χ1v) is 7.67. The van der Waals surface area contributed by atoms with Gasteiger partial charge in [-0.3, -0.25) is 4.79 Å². The number of unbranched alkanes of at least 4 members (excludes halogenated alkanes) is 1. The monoisotopic (exact) mass is 286 g/mol. The smallest absolute Gasteiger partial charge is 0.254 e. The third kappa shape index (κ3) is 4.49. The van der Waals surface area contributed by atoms with Gasteiger partial charge in [0, 0.05) is 18.2 Å². The normalized spacial score (nSPS) is 13.5. The van der Waals surface area contributed by atoms with Gasteiger partial charge in [0.25, 0.3) is 5.91 Å². The fraction of sp³-hybridized carbons (Fsp3) is 0.529. The van der Waals surface area contributed by atoms with Crippen molar-refractivity contribution in [2.45, 2.75) is 45.1 Å². The van der Waals surface area contributed by atoms with Crippen LogP contribution in [0.1, 0.15) is 49.4 Å². The van der Waals surface area contributed by atoms with E-state index in [4.69, 9.17) is 10.00 Å². The third-order valence-electron chi connectivity index (χ3n) is 3.58. The van der Waals surface area contributed by atoms with Crippen LogP contribution >= 0.6 is 0 Å². The molecule has 0 aromatic heterocycles. The number of benzene rings is 1. The van der Waals surface area contributed by atoms with E-state index in [1.165, 1.54) is 0 Å². The molecule has 1 aromatic rings. The highest BCUT2D eigenvalue weighted by atomic mass is 16.5. The summed E-state index contributed by atoms with van der Waals surface area (Å²) in [5, 5.41) is 8.70. The van der Waals surface area contributed by atoms with Crippen molar-refractivity contribution in [2.75, 3.05) is 13.2 Å². The average Bonchev–Trinajstić information content (AvgIpc) is 3.33. The molecule has 0 saturated heterocycles. The van der Waals surface area contributed by atoms with Crippen LogP contribution in [-0.4, -0.2) is 30.0 Å². The predicted molar refractivity (Wildman–Crippen MR) is 81.1 cm³/mol. The zero-order chi connectivity index (χ0) is 15.1. The molecule has 0 heterocycles. The first kappa shape index (κ1) is 15.4. The molecule has 0 N–H and O–H groups in total. The second-order valence-electron chi connectivity index (χ2n) is 5.36. The zero-order valence-electron chi connectivity index (χ0n) is 12.5. The van der Waals surface area contributed by atoms with Crippen LogP contribution in [0, 0.1) is 11.3 Å². The van der Waals surface area contributed by atoms with Gasteiger partial charge in [0.15, 0.2) is 0 Å². The van der Waals surface area contributed by atoms with Crippen molar-refractivity contribution in [3.63, 3.8) is 0 Å². The minimum atomic E-state index is 0.0212. The quantitative estimate of drug-likeness (QED) is 0.688. The Morgan fingerprint density at radius 3 is 2.67 bits per heavy atom. The molecule has 0 unspecified atom stereocenters. The molecule has 0 bridgehead atoms. The second kappa shape index (κ2) is 7.68. The lowest BCUT2D eigenvalue weighted by atomic mass is 10.2. The van der Waals surface area contributed by atoms with Crippen LogP contribution < -0.4 is 4.74 Å². The maximum absolute atomic E-state index is 12.5. The Hall–Kier alpha value is -2.02. The van der Waals surface area contributed by atoms with Crippen LogP contribution in [0.3, 0.4) is 0 Å². The minimum Gasteiger partial charge on any atom is -0.494 e. The van der Waals surface area contributed by atoms with E-state index in [-0.39, 0.29) is 5.91 Å². The standard InChI is InChI=1S/C17H22N2O2/c1-2-3-13-21-16-9-5-14(6-10-16)17(20)19(12-4-11-18)15-7-8-15/h5-6,9-10,15H,2-4,7-8,12-13H2,1H3. The van der Waals surface area contributed by atoms with Crippen molar-refractivity contribution in [3.8, 4) is 11.8 Å². The fourth-order valence-corrected chi connectivity index (χ4v) is 2.20. The number of carbonyl (C=O) groups excluding carboxylic acids is 1. The molecule has 0 radical (unpaired) electrons. The van der Waals surface area contributed by atoms with Gasteiger partial charge in [0.05, 0.1) is 19.1 Å². The van der Waals surface area contributed by atoms with E-state index in [1.807, 2.05) is 29.2 Å². The molecule has 0 aliphatic heterocycles.